The van der Waals surface area contributed by atoms with Crippen LogP contribution in [0.1, 0.15) is 23.0 Å². The Balaban J connectivity index is 1.46. The fourth-order valence-corrected chi connectivity index (χ4v) is 3.56. The largest absolute Gasteiger partial charge is 0.388 e. The highest BCUT2D eigenvalue weighted by Gasteiger charge is 2.14. The first-order valence-electron chi connectivity index (χ1n) is 8.61. The molecule has 0 saturated carbocycles. The SMILES string of the molecule is O=C(Cc1cccs1)Nc1ccc(C(O)CCN2CCOCC2)cc1. The van der Waals surface area contributed by atoms with Gasteiger partial charge in [-0.1, -0.05) is 18.2 Å². The number of hydrogen-bond acceptors (Lipinski definition) is 5. The summed E-state index contributed by atoms with van der Waals surface area (Å²) in [5.41, 5.74) is 1.63. The summed E-state index contributed by atoms with van der Waals surface area (Å²) >= 11 is 1.58. The van der Waals surface area contributed by atoms with Crippen LogP contribution in [0, 0.1) is 0 Å². The minimum absolute atomic E-state index is 0.0249. The lowest BCUT2D eigenvalue weighted by molar-refractivity contribution is -0.115. The number of thiophene rings is 1. The van der Waals surface area contributed by atoms with E-state index in [1.54, 1.807) is 11.3 Å². The van der Waals surface area contributed by atoms with Crippen molar-refractivity contribution in [2.45, 2.75) is 18.9 Å². The molecule has 2 N–H and O–H groups in total. The number of ether oxygens (including phenoxy) is 1. The van der Waals surface area contributed by atoms with E-state index in [0.717, 1.165) is 49.0 Å². The molecule has 1 aromatic heterocycles. The molecule has 0 spiro atoms. The van der Waals surface area contributed by atoms with Crippen LogP contribution in [-0.2, 0) is 16.0 Å². The van der Waals surface area contributed by atoms with Gasteiger partial charge in [0, 0.05) is 30.2 Å². The van der Waals surface area contributed by atoms with Gasteiger partial charge < -0.3 is 15.2 Å². The quantitative estimate of drug-likeness (QED) is 0.797. The summed E-state index contributed by atoms with van der Waals surface area (Å²) in [5.74, 6) is -0.0249. The summed E-state index contributed by atoms with van der Waals surface area (Å²) in [6, 6.07) is 11.4. The highest BCUT2D eigenvalue weighted by atomic mass is 32.1. The second-order valence-corrected chi connectivity index (χ2v) is 7.22. The Kier molecular flexibility index (Phi) is 6.58. The second-order valence-electron chi connectivity index (χ2n) is 6.18. The minimum Gasteiger partial charge on any atom is -0.388 e. The van der Waals surface area contributed by atoms with Gasteiger partial charge in [0.15, 0.2) is 0 Å². The Morgan fingerprint density at radius 2 is 2.00 bits per heavy atom. The summed E-state index contributed by atoms with van der Waals surface area (Å²) in [5, 5.41) is 15.2. The molecule has 2 aromatic rings. The maximum Gasteiger partial charge on any atom is 0.229 e. The number of rotatable bonds is 7. The molecule has 3 rings (SSSR count). The van der Waals surface area contributed by atoms with Gasteiger partial charge in [0.05, 0.1) is 25.7 Å². The molecule has 25 heavy (non-hydrogen) atoms. The number of carbonyl (C=O) groups excluding carboxylic acids is 1. The van der Waals surface area contributed by atoms with Crippen molar-refractivity contribution in [3.8, 4) is 0 Å². The first-order chi connectivity index (χ1) is 12.2. The van der Waals surface area contributed by atoms with Crippen molar-refractivity contribution in [1.29, 1.82) is 0 Å². The van der Waals surface area contributed by atoms with Gasteiger partial charge in [0.25, 0.3) is 0 Å². The molecule has 1 aliphatic rings. The van der Waals surface area contributed by atoms with Crippen molar-refractivity contribution in [2.75, 3.05) is 38.2 Å². The summed E-state index contributed by atoms with van der Waals surface area (Å²) in [6.45, 7) is 4.28. The number of aliphatic hydroxyl groups is 1. The van der Waals surface area contributed by atoms with Gasteiger partial charge in [-0.3, -0.25) is 9.69 Å². The molecule has 1 saturated heterocycles. The molecule has 1 atom stereocenters. The maximum atomic E-state index is 12.0. The molecular weight excluding hydrogens is 336 g/mol. The first-order valence-corrected chi connectivity index (χ1v) is 9.49. The highest BCUT2D eigenvalue weighted by molar-refractivity contribution is 7.10. The predicted molar refractivity (Wildman–Crippen MR) is 99.9 cm³/mol. The number of nitrogens with one attached hydrogen (secondary N) is 1. The van der Waals surface area contributed by atoms with Gasteiger partial charge >= 0.3 is 0 Å². The lowest BCUT2D eigenvalue weighted by atomic mass is 10.1. The van der Waals surface area contributed by atoms with E-state index in [9.17, 15) is 9.90 Å². The Morgan fingerprint density at radius 3 is 2.68 bits per heavy atom. The van der Waals surface area contributed by atoms with Crippen molar-refractivity contribution in [3.63, 3.8) is 0 Å². The Morgan fingerprint density at radius 1 is 1.24 bits per heavy atom. The van der Waals surface area contributed by atoms with Gasteiger partial charge in [-0.2, -0.15) is 0 Å². The molecule has 2 heterocycles. The van der Waals surface area contributed by atoms with Crippen LogP contribution in [0.25, 0.3) is 0 Å². The second kappa shape index (κ2) is 9.10. The van der Waals surface area contributed by atoms with E-state index in [1.165, 1.54) is 0 Å². The molecule has 1 amide bonds. The molecule has 0 aliphatic carbocycles. The normalized spacial score (nSPS) is 16.5. The van der Waals surface area contributed by atoms with E-state index in [1.807, 2.05) is 41.8 Å². The average molecular weight is 360 g/mol. The number of anilines is 1. The van der Waals surface area contributed by atoms with Crippen molar-refractivity contribution in [3.05, 3.63) is 52.2 Å². The number of hydrogen-bond donors (Lipinski definition) is 2. The van der Waals surface area contributed by atoms with Crippen molar-refractivity contribution in [2.24, 2.45) is 0 Å². The summed E-state index contributed by atoms with van der Waals surface area (Å²) in [6.07, 6.45) is 0.602. The smallest absolute Gasteiger partial charge is 0.229 e. The van der Waals surface area contributed by atoms with Crippen molar-refractivity contribution < 1.29 is 14.6 Å². The van der Waals surface area contributed by atoms with Gasteiger partial charge in [-0.15, -0.1) is 11.3 Å². The molecule has 6 heteroatoms. The monoisotopic (exact) mass is 360 g/mol. The molecule has 1 aromatic carbocycles. The molecule has 0 bridgehead atoms. The Hall–Kier alpha value is -1.73. The lowest BCUT2D eigenvalue weighted by Crippen LogP contribution is -2.37. The van der Waals surface area contributed by atoms with Crippen LogP contribution in [0.5, 0.6) is 0 Å². The third kappa shape index (κ3) is 5.64. The van der Waals surface area contributed by atoms with E-state index in [0.29, 0.717) is 12.8 Å². The van der Waals surface area contributed by atoms with Crippen LogP contribution in [0.3, 0.4) is 0 Å². The molecule has 1 fully saturated rings. The fraction of sp³-hybridized carbons (Fsp3) is 0.421. The third-order valence-corrected chi connectivity index (χ3v) is 5.19. The molecule has 1 aliphatic heterocycles. The van der Waals surface area contributed by atoms with E-state index in [2.05, 4.69) is 10.2 Å². The predicted octanol–water partition coefficient (Wildman–Crippen LogP) is 2.69. The van der Waals surface area contributed by atoms with Crippen LogP contribution in [0.2, 0.25) is 0 Å². The Bertz CT molecular complexity index is 652. The lowest BCUT2D eigenvalue weighted by Gasteiger charge is -2.27. The van der Waals surface area contributed by atoms with Gasteiger partial charge in [-0.25, -0.2) is 0 Å². The van der Waals surface area contributed by atoms with Gasteiger partial charge in [0.1, 0.15) is 0 Å². The van der Waals surface area contributed by atoms with Crippen LogP contribution in [0.4, 0.5) is 5.69 Å². The van der Waals surface area contributed by atoms with Crippen molar-refractivity contribution >= 4 is 22.9 Å². The van der Waals surface area contributed by atoms with E-state index >= 15 is 0 Å². The van der Waals surface area contributed by atoms with E-state index in [-0.39, 0.29) is 5.91 Å². The summed E-state index contributed by atoms with van der Waals surface area (Å²) in [7, 11) is 0. The Labute approximate surface area is 152 Å². The third-order valence-electron chi connectivity index (χ3n) is 4.32. The van der Waals surface area contributed by atoms with E-state index in [4.69, 9.17) is 4.74 Å². The van der Waals surface area contributed by atoms with Gasteiger partial charge in [-0.05, 0) is 35.6 Å². The molecular formula is C19H24N2O3S. The first kappa shape index (κ1) is 18.1. The van der Waals surface area contributed by atoms with Crippen LogP contribution >= 0.6 is 11.3 Å². The topological polar surface area (TPSA) is 61.8 Å². The summed E-state index contributed by atoms with van der Waals surface area (Å²) in [4.78, 5) is 15.4. The molecule has 0 radical (unpaired) electrons. The van der Waals surface area contributed by atoms with Crippen molar-refractivity contribution in [1.82, 2.24) is 4.90 Å². The van der Waals surface area contributed by atoms with Crippen LogP contribution < -0.4 is 5.32 Å². The standard InChI is InChI=1S/C19H24N2O3S/c22-18(7-8-21-9-11-24-12-10-21)15-3-5-16(6-4-15)20-19(23)14-17-2-1-13-25-17/h1-6,13,18,22H,7-12,14H2,(H,20,23). The molecule has 5 nitrogen and oxygen atoms in total. The molecule has 1 unspecified atom stereocenters. The maximum absolute atomic E-state index is 12.0. The summed E-state index contributed by atoms with van der Waals surface area (Å²) < 4.78 is 5.33. The number of morpholine rings is 1. The fourth-order valence-electron chi connectivity index (χ4n) is 2.86. The highest BCUT2D eigenvalue weighted by Crippen LogP contribution is 2.20. The zero-order chi connectivity index (χ0) is 17.5. The number of benzene rings is 1. The van der Waals surface area contributed by atoms with E-state index < -0.39 is 6.10 Å². The van der Waals surface area contributed by atoms with Gasteiger partial charge in [0.2, 0.25) is 5.91 Å². The zero-order valence-corrected chi connectivity index (χ0v) is 15.0. The van der Waals surface area contributed by atoms with Crippen LogP contribution in [-0.4, -0.2) is 48.8 Å². The zero-order valence-electron chi connectivity index (χ0n) is 14.2. The molecule has 134 valence electrons. The average Bonchev–Trinajstić information content (AvgIpc) is 3.14. The number of aliphatic hydroxyl groups excluding tert-OH is 1. The van der Waals surface area contributed by atoms with Crippen LogP contribution in [0.15, 0.2) is 41.8 Å². The number of carbonyl (C=O) groups is 1. The minimum atomic E-state index is -0.487. The number of amides is 1. The number of nitrogens with zero attached hydrogens (tertiary/aromatic N) is 1.